The smallest absolute Gasteiger partial charge is 0.182 e. The molecule has 0 unspecified atom stereocenters. The summed E-state index contributed by atoms with van der Waals surface area (Å²) in [6.45, 7) is 3.27. The van der Waals surface area contributed by atoms with E-state index >= 15 is 0 Å². The van der Waals surface area contributed by atoms with Crippen molar-refractivity contribution >= 4 is 12.6 Å². The van der Waals surface area contributed by atoms with Crippen molar-refractivity contribution in [1.29, 1.82) is 0 Å². The Morgan fingerprint density at radius 1 is 1.33 bits per heavy atom. The fourth-order valence-electron chi connectivity index (χ4n) is 1.40. The van der Waals surface area contributed by atoms with E-state index in [1.54, 1.807) is 13.8 Å². The van der Waals surface area contributed by atoms with Gasteiger partial charge >= 0.3 is 0 Å². The van der Waals surface area contributed by atoms with Crippen molar-refractivity contribution in [3.63, 3.8) is 0 Å². The van der Waals surface area contributed by atoms with Crippen LogP contribution in [0.2, 0.25) is 0 Å². The lowest BCUT2D eigenvalue weighted by atomic mass is 10.0. The zero-order chi connectivity index (χ0) is 11.7. The zero-order valence-electron chi connectivity index (χ0n) is 8.53. The lowest BCUT2D eigenvalue weighted by molar-refractivity contribution is -0.144. The second-order valence-electron chi connectivity index (χ2n) is 3.80. The van der Waals surface area contributed by atoms with Crippen molar-refractivity contribution in [1.82, 2.24) is 0 Å². The summed E-state index contributed by atoms with van der Waals surface area (Å²) in [5.41, 5.74) is 0.544. The zero-order valence-corrected chi connectivity index (χ0v) is 9.43. The van der Waals surface area contributed by atoms with Crippen LogP contribution in [0.15, 0.2) is 11.3 Å². The van der Waals surface area contributed by atoms with Crippen LogP contribution in [-0.4, -0.2) is 50.3 Å². The molecule has 0 bridgehead atoms. The highest BCUT2D eigenvalue weighted by Gasteiger charge is 2.45. The van der Waals surface area contributed by atoms with Crippen molar-refractivity contribution in [3.8, 4) is 0 Å². The van der Waals surface area contributed by atoms with E-state index in [9.17, 15) is 20.4 Å². The molecular weight excluding hydrogens is 220 g/mol. The minimum Gasteiger partial charge on any atom is -0.510 e. The monoisotopic (exact) mass is 236 g/mol. The van der Waals surface area contributed by atoms with Crippen LogP contribution in [-0.2, 0) is 4.74 Å². The average Bonchev–Trinajstić information content (AvgIpc) is 2.43. The summed E-state index contributed by atoms with van der Waals surface area (Å²) in [6.07, 6.45) is -4.76. The first-order valence-corrected chi connectivity index (χ1v) is 5.12. The largest absolute Gasteiger partial charge is 0.510 e. The maximum Gasteiger partial charge on any atom is 0.182 e. The summed E-state index contributed by atoms with van der Waals surface area (Å²) in [5, 5.41) is 37.0. The van der Waals surface area contributed by atoms with Crippen LogP contribution in [0.1, 0.15) is 13.8 Å². The van der Waals surface area contributed by atoms with Crippen molar-refractivity contribution in [2.24, 2.45) is 0 Å². The van der Waals surface area contributed by atoms with E-state index in [-0.39, 0.29) is 5.76 Å². The van der Waals surface area contributed by atoms with E-state index < -0.39 is 29.9 Å². The quantitative estimate of drug-likeness (QED) is 0.332. The van der Waals surface area contributed by atoms with E-state index in [1.165, 1.54) is 0 Å². The molecule has 1 rings (SSSR count). The molecular formula is C9H16O5S. The molecule has 15 heavy (non-hydrogen) atoms. The van der Waals surface area contributed by atoms with Gasteiger partial charge in [0.1, 0.15) is 24.1 Å². The number of hydrogen-bond donors (Lipinski definition) is 5. The number of rotatable bonds is 2. The molecule has 6 heteroatoms. The van der Waals surface area contributed by atoms with Crippen LogP contribution in [0.3, 0.4) is 0 Å². The standard InChI is InChI=1S/C9H16O5S/c1-3(2)4(10)5(11)7-8(15)6(12)9(13)14-7/h5-13,15H,1-2H3/t5-,6-,7-,8+,9+/m1/s1. The first-order chi connectivity index (χ1) is 6.86. The molecule has 0 aromatic heterocycles. The molecule has 0 aromatic carbocycles. The van der Waals surface area contributed by atoms with E-state index in [0.717, 1.165) is 0 Å². The fraction of sp³-hybridized carbons (Fsp3) is 0.778. The number of aliphatic hydroxyl groups is 4. The number of ether oxygens (including phenoxy) is 1. The van der Waals surface area contributed by atoms with Crippen molar-refractivity contribution in [3.05, 3.63) is 11.3 Å². The van der Waals surface area contributed by atoms with Gasteiger partial charge in [0.25, 0.3) is 0 Å². The lowest BCUT2D eigenvalue weighted by Crippen LogP contribution is -2.36. The van der Waals surface area contributed by atoms with Gasteiger partial charge in [0, 0.05) is 0 Å². The molecule has 0 aliphatic carbocycles. The summed E-state index contributed by atoms with van der Waals surface area (Å²) < 4.78 is 4.90. The molecule has 5 nitrogen and oxygen atoms in total. The Hall–Kier alpha value is -0.270. The van der Waals surface area contributed by atoms with Gasteiger partial charge in [-0.05, 0) is 19.4 Å². The third kappa shape index (κ3) is 2.46. The first kappa shape index (κ1) is 12.8. The molecule has 0 radical (unpaired) electrons. The van der Waals surface area contributed by atoms with Gasteiger partial charge in [0.15, 0.2) is 6.29 Å². The molecule has 1 saturated heterocycles. The molecule has 1 heterocycles. The molecule has 1 fully saturated rings. The Balaban J connectivity index is 2.78. The molecule has 88 valence electrons. The number of hydrogen-bond acceptors (Lipinski definition) is 6. The predicted octanol–water partition coefficient (Wildman–Crippen LogP) is -0.424. The third-order valence-electron chi connectivity index (χ3n) is 2.38. The maximum absolute atomic E-state index is 9.69. The molecule has 0 spiro atoms. The number of thiol groups is 1. The Labute approximate surface area is 93.4 Å². The maximum atomic E-state index is 9.69. The molecule has 4 N–H and O–H groups in total. The van der Waals surface area contributed by atoms with E-state index in [2.05, 4.69) is 12.6 Å². The van der Waals surface area contributed by atoms with Gasteiger partial charge in [0.2, 0.25) is 0 Å². The second-order valence-corrected chi connectivity index (χ2v) is 4.40. The highest BCUT2D eigenvalue weighted by atomic mass is 32.1. The highest BCUT2D eigenvalue weighted by molar-refractivity contribution is 7.81. The fourth-order valence-corrected chi connectivity index (χ4v) is 1.78. The molecule has 1 aliphatic rings. The van der Waals surface area contributed by atoms with Crippen LogP contribution in [0.5, 0.6) is 0 Å². The number of aliphatic hydroxyl groups excluding tert-OH is 4. The van der Waals surface area contributed by atoms with Gasteiger partial charge in [-0.3, -0.25) is 0 Å². The van der Waals surface area contributed by atoms with E-state index in [4.69, 9.17) is 4.74 Å². The predicted molar refractivity (Wildman–Crippen MR) is 56.7 cm³/mol. The van der Waals surface area contributed by atoms with Crippen molar-refractivity contribution in [2.75, 3.05) is 0 Å². The Morgan fingerprint density at radius 2 is 1.87 bits per heavy atom. The van der Waals surface area contributed by atoms with Gasteiger partial charge in [0.05, 0.1) is 5.25 Å². The van der Waals surface area contributed by atoms with Crippen LogP contribution in [0.4, 0.5) is 0 Å². The summed E-state index contributed by atoms with van der Waals surface area (Å²) in [5.74, 6) is -0.222. The minimum atomic E-state index is -1.38. The molecule has 0 amide bonds. The van der Waals surface area contributed by atoms with Crippen LogP contribution >= 0.6 is 12.6 Å². The highest BCUT2D eigenvalue weighted by Crippen LogP contribution is 2.28. The SMILES string of the molecule is CC(C)=C(O)[C@@H](O)[C@H]1O[C@H](O)[C@H](O)[C@@H]1S. The second kappa shape index (κ2) is 4.71. The Bertz CT molecular complexity index is 263. The molecule has 1 aliphatic heterocycles. The lowest BCUT2D eigenvalue weighted by Gasteiger charge is -2.21. The van der Waals surface area contributed by atoms with Gasteiger partial charge in [-0.1, -0.05) is 0 Å². The minimum absolute atomic E-state index is 0.222. The third-order valence-corrected chi connectivity index (χ3v) is 2.98. The van der Waals surface area contributed by atoms with Crippen LogP contribution < -0.4 is 0 Å². The average molecular weight is 236 g/mol. The summed E-state index contributed by atoms with van der Waals surface area (Å²) in [6, 6.07) is 0. The summed E-state index contributed by atoms with van der Waals surface area (Å²) in [4.78, 5) is 0. The van der Waals surface area contributed by atoms with Crippen molar-refractivity contribution < 1.29 is 25.2 Å². The molecule has 5 atom stereocenters. The molecule has 0 aromatic rings. The normalized spacial score (nSPS) is 37.7. The summed E-state index contributed by atoms with van der Waals surface area (Å²) in [7, 11) is 0. The molecule has 0 saturated carbocycles. The summed E-state index contributed by atoms with van der Waals surface area (Å²) >= 11 is 4.02. The van der Waals surface area contributed by atoms with Crippen molar-refractivity contribution in [2.45, 2.75) is 43.7 Å². The Morgan fingerprint density at radius 3 is 2.20 bits per heavy atom. The topological polar surface area (TPSA) is 90.2 Å². The van der Waals surface area contributed by atoms with Gasteiger partial charge < -0.3 is 25.2 Å². The Kier molecular flexibility index (Phi) is 4.02. The van der Waals surface area contributed by atoms with E-state index in [1.807, 2.05) is 0 Å². The first-order valence-electron chi connectivity index (χ1n) is 4.60. The van der Waals surface area contributed by atoms with Gasteiger partial charge in [-0.15, -0.1) is 0 Å². The van der Waals surface area contributed by atoms with E-state index in [0.29, 0.717) is 5.57 Å². The van der Waals surface area contributed by atoms with Crippen LogP contribution in [0.25, 0.3) is 0 Å². The number of allylic oxidation sites excluding steroid dienone is 1. The van der Waals surface area contributed by atoms with Gasteiger partial charge in [-0.25, -0.2) is 0 Å². The van der Waals surface area contributed by atoms with Crippen LogP contribution in [0, 0.1) is 0 Å². The van der Waals surface area contributed by atoms with Gasteiger partial charge in [-0.2, -0.15) is 12.6 Å².